The summed E-state index contributed by atoms with van der Waals surface area (Å²) in [6.45, 7) is 6.35. The van der Waals surface area contributed by atoms with E-state index in [1.54, 1.807) is 25.1 Å². The smallest absolute Gasteiger partial charge is 0.246 e. The van der Waals surface area contributed by atoms with Crippen molar-refractivity contribution in [2.75, 3.05) is 14.2 Å². The molecular formula is C23H26N2O5. The summed E-state index contributed by atoms with van der Waals surface area (Å²) < 4.78 is 22.0. The summed E-state index contributed by atoms with van der Waals surface area (Å²) in [5.41, 5.74) is 2.55. The number of nitrogens with zero attached hydrogens (tertiary/aromatic N) is 2. The number of aromatic nitrogens is 1. The van der Waals surface area contributed by atoms with Gasteiger partial charge in [-0.15, -0.1) is 0 Å². The van der Waals surface area contributed by atoms with Crippen LogP contribution < -0.4 is 9.47 Å². The van der Waals surface area contributed by atoms with Crippen molar-refractivity contribution in [2.45, 2.75) is 33.9 Å². The molecule has 0 atom stereocenters. The second-order valence-electron chi connectivity index (χ2n) is 7.04. The van der Waals surface area contributed by atoms with Crippen molar-refractivity contribution >= 4 is 12.0 Å². The van der Waals surface area contributed by atoms with Gasteiger partial charge in [0, 0.05) is 13.1 Å². The predicted octanol–water partition coefficient (Wildman–Crippen LogP) is 4.45. The number of benzene rings is 1. The van der Waals surface area contributed by atoms with Crippen LogP contribution in [0.5, 0.6) is 11.5 Å². The van der Waals surface area contributed by atoms with Gasteiger partial charge in [-0.2, -0.15) is 0 Å². The maximum Gasteiger partial charge on any atom is 0.246 e. The molecule has 0 spiro atoms. The van der Waals surface area contributed by atoms with Crippen LogP contribution in [0.3, 0.4) is 0 Å². The molecule has 3 aromatic rings. The number of hydrogen-bond donors (Lipinski definition) is 0. The molecule has 7 nitrogen and oxygen atoms in total. The zero-order valence-electron chi connectivity index (χ0n) is 17.9. The molecule has 0 N–H and O–H groups in total. The van der Waals surface area contributed by atoms with Crippen LogP contribution in [-0.2, 0) is 17.9 Å². The van der Waals surface area contributed by atoms with Crippen LogP contribution >= 0.6 is 0 Å². The Morgan fingerprint density at radius 3 is 2.60 bits per heavy atom. The highest BCUT2D eigenvalue weighted by Crippen LogP contribution is 2.30. The second-order valence-corrected chi connectivity index (χ2v) is 7.04. The highest BCUT2D eigenvalue weighted by Gasteiger charge is 2.12. The number of methoxy groups -OCH3 is 1. The van der Waals surface area contributed by atoms with Gasteiger partial charge in [0.1, 0.15) is 23.9 Å². The first-order valence-corrected chi connectivity index (χ1v) is 9.58. The van der Waals surface area contributed by atoms with E-state index in [9.17, 15) is 4.79 Å². The van der Waals surface area contributed by atoms with Gasteiger partial charge in [0.15, 0.2) is 11.5 Å². The van der Waals surface area contributed by atoms with E-state index >= 15 is 0 Å². The first kappa shape index (κ1) is 21.2. The van der Waals surface area contributed by atoms with Gasteiger partial charge in [-0.05, 0) is 56.7 Å². The summed E-state index contributed by atoms with van der Waals surface area (Å²) in [4.78, 5) is 14.0. The molecule has 0 aliphatic carbocycles. The van der Waals surface area contributed by atoms with E-state index in [2.05, 4.69) is 5.16 Å². The summed E-state index contributed by atoms with van der Waals surface area (Å²) in [7, 11) is 3.31. The van der Waals surface area contributed by atoms with Crippen LogP contribution in [0, 0.1) is 20.8 Å². The van der Waals surface area contributed by atoms with Crippen LogP contribution in [0.1, 0.15) is 34.1 Å². The maximum absolute atomic E-state index is 12.4. The predicted molar refractivity (Wildman–Crippen MR) is 112 cm³/mol. The van der Waals surface area contributed by atoms with Gasteiger partial charge < -0.3 is 23.3 Å². The number of carbonyl (C=O) groups is 1. The summed E-state index contributed by atoms with van der Waals surface area (Å²) in [5.74, 6) is 3.37. The van der Waals surface area contributed by atoms with Crippen molar-refractivity contribution in [1.82, 2.24) is 10.1 Å². The summed E-state index contributed by atoms with van der Waals surface area (Å²) in [6, 6.07) is 9.25. The quantitative estimate of drug-likeness (QED) is 0.511. The lowest BCUT2D eigenvalue weighted by Crippen LogP contribution is -2.23. The van der Waals surface area contributed by atoms with Gasteiger partial charge in [-0.25, -0.2) is 0 Å². The van der Waals surface area contributed by atoms with Crippen LogP contribution in [0.15, 0.2) is 45.3 Å². The van der Waals surface area contributed by atoms with Gasteiger partial charge in [0.05, 0.1) is 24.9 Å². The lowest BCUT2D eigenvalue weighted by molar-refractivity contribution is -0.125. The summed E-state index contributed by atoms with van der Waals surface area (Å²) >= 11 is 0. The molecule has 3 rings (SSSR count). The van der Waals surface area contributed by atoms with Crippen molar-refractivity contribution in [3.05, 3.63) is 70.5 Å². The van der Waals surface area contributed by atoms with Gasteiger partial charge in [0.2, 0.25) is 5.91 Å². The molecule has 158 valence electrons. The molecule has 0 fully saturated rings. The van der Waals surface area contributed by atoms with Crippen molar-refractivity contribution < 1.29 is 23.2 Å². The number of hydrogen-bond acceptors (Lipinski definition) is 6. The Hall–Kier alpha value is -3.48. The number of ether oxygens (including phenoxy) is 2. The van der Waals surface area contributed by atoms with Gasteiger partial charge in [-0.1, -0.05) is 11.2 Å². The fourth-order valence-electron chi connectivity index (χ4n) is 2.94. The third-order valence-corrected chi connectivity index (χ3v) is 4.72. The molecule has 7 heteroatoms. The van der Waals surface area contributed by atoms with E-state index in [1.165, 1.54) is 6.08 Å². The number of amides is 1. The first-order chi connectivity index (χ1) is 14.4. The van der Waals surface area contributed by atoms with Crippen molar-refractivity contribution in [2.24, 2.45) is 0 Å². The maximum atomic E-state index is 12.4. The molecule has 0 aliphatic heterocycles. The molecule has 1 amide bonds. The van der Waals surface area contributed by atoms with Crippen molar-refractivity contribution in [3.63, 3.8) is 0 Å². The van der Waals surface area contributed by atoms with Crippen LogP contribution in [0.4, 0.5) is 0 Å². The molecule has 2 heterocycles. The number of likely N-dealkylation sites (N-methyl/N-ethyl adjacent to an activating group) is 1. The molecule has 0 aliphatic rings. The minimum atomic E-state index is -0.123. The molecule has 1 aromatic carbocycles. The minimum absolute atomic E-state index is 0.123. The van der Waals surface area contributed by atoms with Crippen molar-refractivity contribution in [1.29, 1.82) is 0 Å². The fourth-order valence-corrected chi connectivity index (χ4v) is 2.94. The third-order valence-electron chi connectivity index (χ3n) is 4.72. The van der Waals surface area contributed by atoms with E-state index in [4.69, 9.17) is 18.4 Å². The Morgan fingerprint density at radius 2 is 1.97 bits per heavy atom. The lowest BCUT2D eigenvalue weighted by Gasteiger charge is -2.13. The number of furan rings is 1. The Balaban J connectivity index is 1.64. The largest absolute Gasteiger partial charge is 0.493 e. The average molecular weight is 410 g/mol. The number of carbonyl (C=O) groups excluding carboxylic acids is 1. The summed E-state index contributed by atoms with van der Waals surface area (Å²) in [5, 5.41) is 3.93. The zero-order chi connectivity index (χ0) is 21.7. The van der Waals surface area contributed by atoms with E-state index in [0.717, 1.165) is 34.1 Å². The monoisotopic (exact) mass is 410 g/mol. The Labute approximate surface area is 175 Å². The van der Waals surface area contributed by atoms with E-state index in [0.29, 0.717) is 24.7 Å². The standard InChI is InChI=1S/C23H26N2O5/c1-15-6-9-19(29-15)13-25(4)23(26)11-8-18-7-10-21(22(12-18)27-5)28-14-20-16(2)24-30-17(20)3/h6-12H,13-14H2,1-5H3. The molecule has 2 aromatic heterocycles. The highest BCUT2D eigenvalue weighted by molar-refractivity contribution is 5.91. The van der Waals surface area contributed by atoms with Crippen LogP contribution in [0.25, 0.3) is 6.08 Å². The first-order valence-electron chi connectivity index (χ1n) is 9.58. The zero-order valence-corrected chi connectivity index (χ0v) is 17.9. The molecular weight excluding hydrogens is 384 g/mol. The molecule has 0 saturated heterocycles. The average Bonchev–Trinajstić information content (AvgIpc) is 3.29. The second kappa shape index (κ2) is 9.35. The highest BCUT2D eigenvalue weighted by atomic mass is 16.5. The van der Waals surface area contributed by atoms with E-state index < -0.39 is 0 Å². The van der Waals surface area contributed by atoms with E-state index in [1.807, 2.05) is 51.1 Å². The minimum Gasteiger partial charge on any atom is -0.493 e. The van der Waals surface area contributed by atoms with Crippen LogP contribution in [-0.4, -0.2) is 30.1 Å². The Bertz CT molecular complexity index is 1030. The topological polar surface area (TPSA) is 77.9 Å². The molecule has 0 saturated carbocycles. The van der Waals surface area contributed by atoms with Gasteiger partial charge >= 0.3 is 0 Å². The third kappa shape index (κ3) is 5.11. The van der Waals surface area contributed by atoms with Gasteiger partial charge in [0.25, 0.3) is 0 Å². The normalized spacial score (nSPS) is 11.1. The molecule has 0 unspecified atom stereocenters. The van der Waals surface area contributed by atoms with Crippen LogP contribution in [0.2, 0.25) is 0 Å². The van der Waals surface area contributed by atoms with Gasteiger partial charge in [-0.3, -0.25) is 4.79 Å². The molecule has 0 bridgehead atoms. The van der Waals surface area contributed by atoms with E-state index in [-0.39, 0.29) is 5.91 Å². The molecule has 0 radical (unpaired) electrons. The van der Waals surface area contributed by atoms with Crippen molar-refractivity contribution in [3.8, 4) is 11.5 Å². The lowest BCUT2D eigenvalue weighted by atomic mass is 10.1. The number of aryl methyl sites for hydroxylation is 3. The Morgan fingerprint density at radius 1 is 1.17 bits per heavy atom. The molecule has 30 heavy (non-hydrogen) atoms. The number of rotatable bonds is 8. The summed E-state index contributed by atoms with van der Waals surface area (Å²) in [6.07, 6.45) is 3.27. The SMILES string of the molecule is COc1cc(C=CC(=O)N(C)Cc2ccc(C)o2)ccc1OCc1c(C)noc1C. The Kier molecular flexibility index (Phi) is 6.61. The fraction of sp³-hybridized carbons (Fsp3) is 0.304.